The summed E-state index contributed by atoms with van der Waals surface area (Å²) in [4.78, 5) is 10.6. The second kappa shape index (κ2) is 7.10. The summed E-state index contributed by atoms with van der Waals surface area (Å²) in [6.07, 6.45) is 1.68. The van der Waals surface area contributed by atoms with Gasteiger partial charge in [0.25, 0.3) is 0 Å². The summed E-state index contributed by atoms with van der Waals surface area (Å²) in [5.74, 6) is -0.164. The molecule has 3 nitrogen and oxygen atoms in total. The molecular weight excluding hydrogens is 156 g/mol. The fourth-order valence-electron chi connectivity index (χ4n) is 0.625. The van der Waals surface area contributed by atoms with Gasteiger partial charge in [0.2, 0.25) is 0 Å². The van der Waals surface area contributed by atoms with Crippen LogP contribution in [0.4, 0.5) is 0 Å². The molecule has 0 aromatic carbocycles. The summed E-state index contributed by atoms with van der Waals surface area (Å²) >= 11 is 0. The largest absolute Gasteiger partial charge is 0.463 e. The summed E-state index contributed by atoms with van der Waals surface area (Å²) in [6, 6.07) is 0. The van der Waals surface area contributed by atoms with Crippen LogP contribution in [0, 0.1) is 0 Å². The second-order valence-corrected chi connectivity index (χ2v) is 2.66. The summed E-state index contributed by atoms with van der Waals surface area (Å²) in [6.45, 7) is 6.71. The fraction of sp³-hybridized carbons (Fsp3) is 0.889. The predicted molar refractivity (Wildman–Crippen MR) is 47.0 cm³/mol. The summed E-state index contributed by atoms with van der Waals surface area (Å²) < 4.78 is 10.1. The van der Waals surface area contributed by atoms with E-state index >= 15 is 0 Å². The lowest BCUT2D eigenvalue weighted by molar-refractivity contribution is -0.145. The van der Waals surface area contributed by atoms with Gasteiger partial charge >= 0.3 is 5.97 Å². The van der Waals surface area contributed by atoms with Gasteiger partial charge in [0.1, 0.15) is 6.61 Å². The van der Waals surface area contributed by atoms with Crippen LogP contribution in [0.15, 0.2) is 0 Å². The zero-order valence-electron chi connectivity index (χ0n) is 8.13. The van der Waals surface area contributed by atoms with Gasteiger partial charge in [-0.2, -0.15) is 0 Å². The van der Waals surface area contributed by atoms with E-state index in [-0.39, 0.29) is 12.1 Å². The molecule has 72 valence electrons. The highest BCUT2D eigenvalue weighted by Crippen LogP contribution is 1.95. The number of hydrogen-bond acceptors (Lipinski definition) is 3. The van der Waals surface area contributed by atoms with Crippen molar-refractivity contribution in [2.45, 2.75) is 39.7 Å². The number of carbonyl (C=O) groups excluding carboxylic acids is 1. The molecule has 0 fully saturated rings. The van der Waals surface area contributed by atoms with Crippen molar-refractivity contribution in [3.63, 3.8) is 0 Å². The van der Waals surface area contributed by atoms with E-state index in [0.29, 0.717) is 19.6 Å². The Morgan fingerprint density at radius 2 is 2.00 bits per heavy atom. The first-order chi connectivity index (χ1) is 5.70. The molecule has 3 heteroatoms. The third-order valence-corrected chi connectivity index (χ3v) is 1.61. The Bertz CT molecular complexity index is 123. The molecule has 0 radical (unpaired) electrons. The molecule has 1 atom stereocenters. The van der Waals surface area contributed by atoms with E-state index in [1.54, 1.807) is 6.92 Å². The Hall–Kier alpha value is -0.570. The van der Waals surface area contributed by atoms with Gasteiger partial charge in [-0.15, -0.1) is 0 Å². The number of rotatable bonds is 6. The monoisotopic (exact) mass is 174 g/mol. The standard InChI is InChI=1S/C9H18O3/c1-4-8(3)11-6-7-12-9(10)5-2/h8H,4-7H2,1-3H3. The van der Waals surface area contributed by atoms with Crippen LogP contribution in [0.2, 0.25) is 0 Å². The number of carbonyl (C=O) groups is 1. The van der Waals surface area contributed by atoms with Crippen LogP contribution in [-0.4, -0.2) is 25.3 Å². The number of esters is 1. The van der Waals surface area contributed by atoms with Gasteiger partial charge in [0.05, 0.1) is 12.7 Å². The van der Waals surface area contributed by atoms with Gasteiger partial charge < -0.3 is 9.47 Å². The van der Waals surface area contributed by atoms with Crippen molar-refractivity contribution >= 4 is 5.97 Å². The topological polar surface area (TPSA) is 35.5 Å². The van der Waals surface area contributed by atoms with Crippen LogP contribution in [-0.2, 0) is 14.3 Å². The highest BCUT2D eigenvalue weighted by molar-refractivity contribution is 5.68. The molecule has 0 saturated heterocycles. The minimum atomic E-state index is -0.164. The van der Waals surface area contributed by atoms with Crippen molar-refractivity contribution in [1.29, 1.82) is 0 Å². The second-order valence-electron chi connectivity index (χ2n) is 2.66. The first kappa shape index (κ1) is 11.4. The van der Waals surface area contributed by atoms with Crippen LogP contribution >= 0.6 is 0 Å². The lowest BCUT2D eigenvalue weighted by Crippen LogP contribution is -2.14. The highest BCUT2D eigenvalue weighted by Gasteiger charge is 2.00. The SMILES string of the molecule is CCC(=O)OCCOC(C)CC. The van der Waals surface area contributed by atoms with E-state index in [9.17, 15) is 4.79 Å². The average Bonchev–Trinajstić information content (AvgIpc) is 2.11. The maximum absolute atomic E-state index is 10.6. The first-order valence-electron chi connectivity index (χ1n) is 4.47. The molecule has 0 saturated carbocycles. The van der Waals surface area contributed by atoms with E-state index in [4.69, 9.17) is 9.47 Å². The quantitative estimate of drug-likeness (QED) is 0.454. The van der Waals surface area contributed by atoms with Crippen molar-refractivity contribution in [3.8, 4) is 0 Å². The molecule has 0 N–H and O–H groups in total. The van der Waals surface area contributed by atoms with Crippen molar-refractivity contribution in [3.05, 3.63) is 0 Å². The highest BCUT2D eigenvalue weighted by atomic mass is 16.6. The molecule has 0 spiro atoms. The van der Waals surface area contributed by atoms with E-state index in [2.05, 4.69) is 6.92 Å². The van der Waals surface area contributed by atoms with Crippen LogP contribution in [0.1, 0.15) is 33.6 Å². The van der Waals surface area contributed by atoms with Gasteiger partial charge in [-0.1, -0.05) is 13.8 Å². The first-order valence-corrected chi connectivity index (χ1v) is 4.47. The van der Waals surface area contributed by atoms with Crippen molar-refractivity contribution in [2.24, 2.45) is 0 Å². The van der Waals surface area contributed by atoms with Gasteiger partial charge in [-0.25, -0.2) is 0 Å². The number of ether oxygens (including phenoxy) is 2. The van der Waals surface area contributed by atoms with Gasteiger partial charge in [-0.3, -0.25) is 4.79 Å². The van der Waals surface area contributed by atoms with Crippen molar-refractivity contribution in [1.82, 2.24) is 0 Å². The Labute approximate surface area is 74.0 Å². The van der Waals surface area contributed by atoms with Crippen LogP contribution in [0.3, 0.4) is 0 Å². The van der Waals surface area contributed by atoms with Crippen LogP contribution < -0.4 is 0 Å². The average molecular weight is 174 g/mol. The zero-order valence-corrected chi connectivity index (χ0v) is 8.13. The van der Waals surface area contributed by atoms with E-state index in [1.165, 1.54) is 0 Å². The normalized spacial score (nSPS) is 12.6. The maximum Gasteiger partial charge on any atom is 0.305 e. The van der Waals surface area contributed by atoms with Gasteiger partial charge in [-0.05, 0) is 13.3 Å². The third kappa shape index (κ3) is 6.16. The van der Waals surface area contributed by atoms with E-state index in [1.807, 2.05) is 6.92 Å². The molecule has 0 aliphatic rings. The molecule has 1 unspecified atom stereocenters. The molecular formula is C9H18O3. The zero-order chi connectivity index (χ0) is 9.40. The molecule has 0 aliphatic heterocycles. The number of hydrogen-bond donors (Lipinski definition) is 0. The van der Waals surface area contributed by atoms with Crippen LogP contribution in [0.25, 0.3) is 0 Å². The van der Waals surface area contributed by atoms with Crippen LogP contribution in [0.5, 0.6) is 0 Å². The predicted octanol–water partition coefficient (Wildman–Crippen LogP) is 1.75. The molecule has 12 heavy (non-hydrogen) atoms. The Morgan fingerprint density at radius 1 is 1.33 bits per heavy atom. The Kier molecular flexibility index (Phi) is 6.76. The van der Waals surface area contributed by atoms with E-state index in [0.717, 1.165) is 6.42 Å². The lowest BCUT2D eigenvalue weighted by Gasteiger charge is -2.09. The third-order valence-electron chi connectivity index (χ3n) is 1.61. The van der Waals surface area contributed by atoms with Crippen molar-refractivity contribution in [2.75, 3.05) is 13.2 Å². The Balaban J connectivity index is 3.15. The fourth-order valence-corrected chi connectivity index (χ4v) is 0.625. The van der Waals surface area contributed by atoms with Crippen molar-refractivity contribution < 1.29 is 14.3 Å². The van der Waals surface area contributed by atoms with E-state index < -0.39 is 0 Å². The van der Waals surface area contributed by atoms with Gasteiger partial charge in [0, 0.05) is 6.42 Å². The summed E-state index contributed by atoms with van der Waals surface area (Å²) in [5.41, 5.74) is 0. The summed E-state index contributed by atoms with van der Waals surface area (Å²) in [7, 11) is 0. The molecule has 0 bridgehead atoms. The molecule has 0 heterocycles. The molecule has 0 aromatic heterocycles. The Morgan fingerprint density at radius 3 is 2.50 bits per heavy atom. The molecule has 0 rings (SSSR count). The summed E-state index contributed by atoms with van der Waals surface area (Å²) in [5, 5.41) is 0. The smallest absolute Gasteiger partial charge is 0.305 e. The van der Waals surface area contributed by atoms with Gasteiger partial charge in [0.15, 0.2) is 0 Å². The maximum atomic E-state index is 10.6. The molecule has 0 aliphatic carbocycles. The minimum Gasteiger partial charge on any atom is -0.463 e. The molecule has 0 aromatic rings. The minimum absolute atomic E-state index is 0.164. The molecule has 0 amide bonds. The lowest BCUT2D eigenvalue weighted by atomic mass is 10.3.